The van der Waals surface area contributed by atoms with Crippen LogP contribution in [0.3, 0.4) is 0 Å². The molecule has 0 saturated carbocycles. The molecule has 0 spiro atoms. The SMILES string of the molecule is CCn1c(N)nc2cc(C(=O)NC3CCN(c4cnccn4)CC3)cnc21. The van der Waals surface area contributed by atoms with E-state index in [4.69, 9.17) is 5.73 Å². The molecule has 1 fully saturated rings. The highest BCUT2D eigenvalue weighted by Gasteiger charge is 2.22. The van der Waals surface area contributed by atoms with Crippen LogP contribution in [0.1, 0.15) is 30.1 Å². The monoisotopic (exact) mass is 366 g/mol. The minimum atomic E-state index is -0.132. The lowest BCUT2D eigenvalue weighted by atomic mass is 10.0. The summed E-state index contributed by atoms with van der Waals surface area (Å²) in [5.74, 6) is 1.15. The number of amides is 1. The molecule has 0 radical (unpaired) electrons. The molecule has 3 aromatic heterocycles. The highest BCUT2D eigenvalue weighted by atomic mass is 16.1. The van der Waals surface area contributed by atoms with Crippen LogP contribution in [0.5, 0.6) is 0 Å². The molecule has 0 aromatic carbocycles. The number of aryl methyl sites for hydroxylation is 1. The van der Waals surface area contributed by atoms with Gasteiger partial charge in [-0.05, 0) is 25.8 Å². The van der Waals surface area contributed by atoms with Crippen molar-refractivity contribution in [1.29, 1.82) is 0 Å². The number of hydrogen-bond donors (Lipinski definition) is 2. The van der Waals surface area contributed by atoms with Gasteiger partial charge in [-0.15, -0.1) is 0 Å². The van der Waals surface area contributed by atoms with Gasteiger partial charge < -0.3 is 16.0 Å². The number of nitrogen functional groups attached to an aromatic ring is 1. The Labute approximate surface area is 156 Å². The van der Waals surface area contributed by atoms with Crippen LogP contribution in [-0.2, 0) is 6.54 Å². The van der Waals surface area contributed by atoms with E-state index < -0.39 is 0 Å². The molecule has 140 valence electrons. The largest absolute Gasteiger partial charge is 0.369 e. The van der Waals surface area contributed by atoms with Crippen LogP contribution in [0.2, 0.25) is 0 Å². The number of nitrogens with zero attached hydrogens (tertiary/aromatic N) is 6. The van der Waals surface area contributed by atoms with Crippen molar-refractivity contribution in [2.45, 2.75) is 32.4 Å². The first-order chi connectivity index (χ1) is 13.2. The molecule has 1 aliphatic heterocycles. The number of nitrogens with two attached hydrogens (primary N) is 1. The molecular formula is C18H22N8O. The van der Waals surface area contributed by atoms with Gasteiger partial charge in [0.15, 0.2) is 5.65 Å². The smallest absolute Gasteiger partial charge is 0.253 e. The van der Waals surface area contributed by atoms with E-state index in [1.807, 2.05) is 11.5 Å². The molecule has 4 rings (SSSR count). The van der Waals surface area contributed by atoms with Gasteiger partial charge in [0.1, 0.15) is 11.3 Å². The predicted octanol–water partition coefficient (Wildman–Crippen LogP) is 1.22. The highest BCUT2D eigenvalue weighted by molar-refractivity contribution is 5.96. The fourth-order valence-electron chi connectivity index (χ4n) is 3.44. The van der Waals surface area contributed by atoms with Crippen molar-refractivity contribution in [3.8, 4) is 0 Å². The molecule has 3 N–H and O–H groups in total. The summed E-state index contributed by atoms with van der Waals surface area (Å²) in [5, 5.41) is 3.10. The highest BCUT2D eigenvalue weighted by Crippen LogP contribution is 2.19. The summed E-state index contributed by atoms with van der Waals surface area (Å²) >= 11 is 0. The second kappa shape index (κ2) is 7.18. The fourth-order valence-corrected chi connectivity index (χ4v) is 3.44. The first-order valence-electron chi connectivity index (χ1n) is 9.09. The van der Waals surface area contributed by atoms with Crippen molar-refractivity contribution in [2.24, 2.45) is 0 Å². The van der Waals surface area contributed by atoms with Gasteiger partial charge in [-0.3, -0.25) is 14.3 Å². The third kappa shape index (κ3) is 3.40. The molecule has 1 saturated heterocycles. The quantitative estimate of drug-likeness (QED) is 0.713. The zero-order valence-corrected chi connectivity index (χ0v) is 15.2. The lowest BCUT2D eigenvalue weighted by Gasteiger charge is -2.32. The van der Waals surface area contributed by atoms with Gasteiger partial charge in [-0.25, -0.2) is 15.0 Å². The van der Waals surface area contributed by atoms with E-state index in [2.05, 4.69) is 30.2 Å². The van der Waals surface area contributed by atoms with Crippen LogP contribution in [-0.4, -0.2) is 49.5 Å². The van der Waals surface area contributed by atoms with Gasteiger partial charge in [-0.2, -0.15) is 0 Å². The Morgan fingerprint density at radius 3 is 2.78 bits per heavy atom. The van der Waals surface area contributed by atoms with Gasteiger partial charge in [0.25, 0.3) is 5.91 Å². The minimum absolute atomic E-state index is 0.124. The number of imidazole rings is 1. The normalized spacial score (nSPS) is 15.2. The average molecular weight is 366 g/mol. The van der Waals surface area contributed by atoms with E-state index in [1.165, 1.54) is 0 Å². The number of fused-ring (bicyclic) bond motifs is 1. The number of carbonyl (C=O) groups excluding carboxylic acids is 1. The molecule has 9 heteroatoms. The number of carbonyl (C=O) groups is 1. The Bertz CT molecular complexity index is 947. The summed E-state index contributed by atoms with van der Waals surface area (Å²) in [6.45, 7) is 4.33. The molecule has 4 heterocycles. The molecule has 0 unspecified atom stereocenters. The van der Waals surface area contributed by atoms with E-state index in [0.717, 1.165) is 31.7 Å². The first kappa shape index (κ1) is 17.2. The van der Waals surface area contributed by atoms with Crippen molar-refractivity contribution < 1.29 is 4.79 Å². The van der Waals surface area contributed by atoms with E-state index in [1.54, 1.807) is 30.9 Å². The van der Waals surface area contributed by atoms with Crippen LogP contribution >= 0.6 is 0 Å². The Hall–Kier alpha value is -3.23. The summed E-state index contributed by atoms with van der Waals surface area (Å²) in [4.78, 5) is 31.9. The minimum Gasteiger partial charge on any atom is -0.369 e. The van der Waals surface area contributed by atoms with Gasteiger partial charge in [0.2, 0.25) is 5.95 Å². The van der Waals surface area contributed by atoms with Crippen LogP contribution in [0.25, 0.3) is 11.2 Å². The van der Waals surface area contributed by atoms with E-state index in [9.17, 15) is 4.79 Å². The summed E-state index contributed by atoms with van der Waals surface area (Å²) in [7, 11) is 0. The number of pyridine rings is 1. The maximum Gasteiger partial charge on any atom is 0.253 e. The second-order valence-electron chi connectivity index (χ2n) is 6.58. The van der Waals surface area contributed by atoms with Gasteiger partial charge in [-0.1, -0.05) is 0 Å². The topological polar surface area (TPSA) is 115 Å². The molecule has 1 aliphatic rings. The molecule has 1 amide bonds. The number of hydrogen-bond acceptors (Lipinski definition) is 7. The number of rotatable bonds is 4. The zero-order chi connectivity index (χ0) is 18.8. The predicted molar refractivity (Wildman–Crippen MR) is 102 cm³/mol. The van der Waals surface area contributed by atoms with Gasteiger partial charge in [0, 0.05) is 44.3 Å². The summed E-state index contributed by atoms with van der Waals surface area (Å²) in [5.41, 5.74) is 7.73. The molecule has 0 atom stereocenters. The Kier molecular flexibility index (Phi) is 4.57. The van der Waals surface area contributed by atoms with Crippen LogP contribution in [0.4, 0.5) is 11.8 Å². The maximum absolute atomic E-state index is 12.6. The van der Waals surface area contributed by atoms with Gasteiger partial charge in [0.05, 0.1) is 11.8 Å². The number of piperidine rings is 1. The lowest BCUT2D eigenvalue weighted by molar-refractivity contribution is 0.0931. The molecule has 27 heavy (non-hydrogen) atoms. The van der Waals surface area contributed by atoms with Crippen molar-refractivity contribution >= 4 is 28.8 Å². The Morgan fingerprint density at radius 2 is 2.07 bits per heavy atom. The molecule has 3 aromatic rings. The first-order valence-corrected chi connectivity index (χ1v) is 9.09. The van der Waals surface area contributed by atoms with Crippen molar-refractivity contribution in [1.82, 2.24) is 29.8 Å². The number of nitrogens with one attached hydrogen (secondary N) is 1. The molecular weight excluding hydrogens is 344 g/mol. The van der Waals surface area contributed by atoms with E-state index >= 15 is 0 Å². The lowest BCUT2D eigenvalue weighted by Crippen LogP contribution is -2.45. The van der Waals surface area contributed by atoms with Crippen LogP contribution in [0.15, 0.2) is 30.9 Å². The molecule has 9 nitrogen and oxygen atoms in total. The van der Waals surface area contributed by atoms with Crippen molar-refractivity contribution in [2.75, 3.05) is 23.7 Å². The maximum atomic E-state index is 12.6. The van der Waals surface area contributed by atoms with E-state index in [0.29, 0.717) is 29.2 Å². The number of anilines is 2. The average Bonchev–Trinajstić information content (AvgIpc) is 3.03. The second-order valence-corrected chi connectivity index (χ2v) is 6.58. The fraction of sp³-hybridized carbons (Fsp3) is 0.389. The standard InChI is InChI=1S/C18H22N8O/c1-2-26-16-14(24-18(26)19)9-12(10-22-16)17(27)23-13-3-7-25(8-4-13)15-11-20-5-6-21-15/h5-6,9-11,13H,2-4,7-8H2,1H3,(H2,19,24)(H,23,27). The third-order valence-electron chi connectivity index (χ3n) is 4.90. The third-order valence-corrected chi connectivity index (χ3v) is 4.90. The number of aromatic nitrogens is 5. The summed E-state index contributed by atoms with van der Waals surface area (Å²) in [6.07, 6.45) is 8.42. The summed E-state index contributed by atoms with van der Waals surface area (Å²) < 4.78 is 1.82. The van der Waals surface area contributed by atoms with Gasteiger partial charge >= 0.3 is 0 Å². The molecule has 0 aliphatic carbocycles. The Balaban J connectivity index is 1.40. The van der Waals surface area contributed by atoms with Crippen LogP contribution in [0, 0.1) is 0 Å². The summed E-state index contributed by atoms with van der Waals surface area (Å²) in [6, 6.07) is 1.87. The Morgan fingerprint density at radius 1 is 1.26 bits per heavy atom. The van der Waals surface area contributed by atoms with Crippen LogP contribution < -0.4 is 16.0 Å². The van der Waals surface area contributed by atoms with Crippen molar-refractivity contribution in [3.63, 3.8) is 0 Å². The van der Waals surface area contributed by atoms with E-state index in [-0.39, 0.29) is 11.9 Å². The molecule has 0 bridgehead atoms. The zero-order valence-electron chi connectivity index (χ0n) is 15.2. The van der Waals surface area contributed by atoms with Crippen molar-refractivity contribution in [3.05, 3.63) is 36.4 Å².